The average Bonchev–Trinajstić information content (AvgIpc) is 2.85. The van der Waals surface area contributed by atoms with Crippen LogP contribution in [0.15, 0.2) is 18.2 Å². The molecule has 1 amide bonds. The zero-order valence-electron chi connectivity index (χ0n) is 13.5. The van der Waals surface area contributed by atoms with Crippen molar-refractivity contribution in [2.24, 2.45) is 5.92 Å². The molecule has 2 fully saturated rings. The Hall–Kier alpha value is -2.44. The fraction of sp³-hybridized carbons (Fsp3) is 0.529. The van der Waals surface area contributed by atoms with Gasteiger partial charge in [0.15, 0.2) is 0 Å². The van der Waals surface area contributed by atoms with Gasteiger partial charge in [0, 0.05) is 6.07 Å². The number of nitrogens with zero attached hydrogens (tertiary/aromatic N) is 1. The van der Waals surface area contributed by atoms with Gasteiger partial charge in [-0.3, -0.25) is 19.7 Å². The van der Waals surface area contributed by atoms with E-state index in [2.05, 4.69) is 5.32 Å². The Labute approximate surface area is 139 Å². The predicted octanol–water partition coefficient (Wildman–Crippen LogP) is 3.11. The molecule has 1 saturated carbocycles. The van der Waals surface area contributed by atoms with Gasteiger partial charge in [0.05, 0.1) is 17.3 Å². The number of carbonyl (C=O) groups is 2. The number of esters is 1. The van der Waals surface area contributed by atoms with Crippen molar-refractivity contribution in [3.63, 3.8) is 0 Å². The zero-order valence-corrected chi connectivity index (χ0v) is 13.5. The van der Waals surface area contributed by atoms with Crippen LogP contribution in [-0.2, 0) is 14.3 Å². The van der Waals surface area contributed by atoms with E-state index in [1.165, 1.54) is 12.1 Å². The van der Waals surface area contributed by atoms with Crippen LogP contribution in [0.2, 0.25) is 0 Å². The summed E-state index contributed by atoms with van der Waals surface area (Å²) < 4.78 is 5.52. The first-order valence-corrected chi connectivity index (χ1v) is 8.19. The van der Waals surface area contributed by atoms with Gasteiger partial charge in [0.2, 0.25) is 5.91 Å². The minimum Gasteiger partial charge on any atom is -0.458 e. The van der Waals surface area contributed by atoms with E-state index in [1.54, 1.807) is 13.0 Å². The lowest BCUT2D eigenvalue weighted by atomic mass is 9.75. The third-order valence-corrected chi connectivity index (χ3v) is 4.95. The Balaban J connectivity index is 1.84. The molecule has 1 aromatic rings. The molecule has 0 aromatic heterocycles. The summed E-state index contributed by atoms with van der Waals surface area (Å²) in [6, 6.07) is 4.65. The van der Waals surface area contributed by atoms with Crippen LogP contribution in [0.25, 0.3) is 0 Å². The Bertz CT molecular complexity index is 694. The molecule has 7 heteroatoms. The van der Waals surface area contributed by atoms with Crippen LogP contribution in [0.4, 0.5) is 11.4 Å². The SMILES string of the molecule is Cc1ccc(NC(=O)[C@H]2CC(=O)OC23CCCCC3)c([N+](=O)[O-])c1. The number of nitro groups is 1. The van der Waals surface area contributed by atoms with Gasteiger partial charge < -0.3 is 10.1 Å². The summed E-state index contributed by atoms with van der Waals surface area (Å²) in [7, 11) is 0. The Morgan fingerprint density at radius 1 is 1.33 bits per heavy atom. The Morgan fingerprint density at radius 3 is 2.71 bits per heavy atom. The third-order valence-electron chi connectivity index (χ3n) is 4.95. The van der Waals surface area contributed by atoms with Crippen molar-refractivity contribution in [3.05, 3.63) is 33.9 Å². The van der Waals surface area contributed by atoms with Gasteiger partial charge in [-0.2, -0.15) is 0 Å². The molecule has 7 nitrogen and oxygen atoms in total. The molecule has 24 heavy (non-hydrogen) atoms. The maximum atomic E-state index is 12.7. The molecule has 3 rings (SSSR count). The highest BCUT2D eigenvalue weighted by atomic mass is 16.6. The van der Waals surface area contributed by atoms with Gasteiger partial charge in [-0.25, -0.2) is 0 Å². The molecule has 1 saturated heterocycles. The molecule has 0 unspecified atom stereocenters. The van der Waals surface area contributed by atoms with E-state index >= 15 is 0 Å². The van der Waals surface area contributed by atoms with Crippen LogP contribution in [-0.4, -0.2) is 22.4 Å². The number of hydrogen-bond acceptors (Lipinski definition) is 5. The molecule has 1 aliphatic heterocycles. The molecule has 128 valence electrons. The first-order valence-electron chi connectivity index (χ1n) is 8.19. The number of amides is 1. The van der Waals surface area contributed by atoms with Crippen molar-refractivity contribution < 1.29 is 19.2 Å². The van der Waals surface area contributed by atoms with Crippen molar-refractivity contribution in [2.45, 2.75) is 51.0 Å². The number of benzene rings is 1. The smallest absolute Gasteiger partial charge is 0.307 e. The van der Waals surface area contributed by atoms with E-state index in [-0.39, 0.29) is 29.7 Å². The number of anilines is 1. The normalized spacial score (nSPS) is 22.2. The summed E-state index contributed by atoms with van der Waals surface area (Å²) in [5.41, 5.74) is 0.00818. The van der Waals surface area contributed by atoms with Crippen LogP contribution in [0.5, 0.6) is 0 Å². The number of rotatable bonds is 3. The number of aryl methyl sites for hydroxylation is 1. The maximum absolute atomic E-state index is 12.7. The lowest BCUT2D eigenvalue weighted by Gasteiger charge is -2.35. The first kappa shape index (κ1) is 16.4. The second-order valence-electron chi connectivity index (χ2n) is 6.62. The molecular formula is C17H20N2O5. The summed E-state index contributed by atoms with van der Waals surface area (Å²) in [6.07, 6.45) is 4.28. The number of nitro benzene ring substituents is 1. The van der Waals surface area contributed by atoms with Crippen molar-refractivity contribution in [1.82, 2.24) is 0 Å². The van der Waals surface area contributed by atoms with Crippen molar-refractivity contribution in [1.29, 1.82) is 0 Å². The van der Waals surface area contributed by atoms with Crippen molar-refractivity contribution in [3.8, 4) is 0 Å². The monoisotopic (exact) mass is 332 g/mol. The van der Waals surface area contributed by atoms with E-state index in [1.807, 2.05) is 0 Å². The van der Waals surface area contributed by atoms with Gasteiger partial charge >= 0.3 is 5.97 Å². The number of hydrogen-bond donors (Lipinski definition) is 1. The highest BCUT2D eigenvalue weighted by molar-refractivity contribution is 5.98. The zero-order chi connectivity index (χ0) is 17.3. The average molecular weight is 332 g/mol. The van der Waals surface area contributed by atoms with E-state index in [0.717, 1.165) is 24.8 Å². The molecule has 0 radical (unpaired) electrons. The topological polar surface area (TPSA) is 98.5 Å². The van der Waals surface area contributed by atoms with E-state index < -0.39 is 16.4 Å². The summed E-state index contributed by atoms with van der Waals surface area (Å²) in [5.74, 6) is -1.34. The van der Waals surface area contributed by atoms with Crippen LogP contribution in [0.3, 0.4) is 0 Å². The minimum absolute atomic E-state index is 0.0332. The molecule has 1 aromatic carbocycles. The van der Waals surface area contributed by atoms with E-state index in [9.17, 15) is 19.7 Å². The van der Waals surface area contributed by atoms with Crippen molar-refractivity contribution in [2.75, 3.05) is 5.32 Å². The highest BCUT2D eigenvalue weighted by Crippen LogP contribution is 2.44. The van der Waals surface area contributed by atoms with E-state index in [0.29, 0.717) is 12.8 Å². The molecule has 0 bridgehead atoms. The summed E-state index contributed by atoms with van der Waals surface area (Å²) in [4.78, 5) is 35.2. The highest BCUT2D eigenvalue weighted by Gasteiger charge is 2.53. The first-order chi connectivity index (χ1) is 11.4. The summed E-state index contributed by atoms with van der Waals surface area (Å²) in [5, 5.41) is 13.8. The van der Waals surface area contributed by atoms with Gasteiger partial charge in [0.25, 0.3) is 5.69 Å². The maximum Gasteiger partial charge on any atom is 0.307 e. The van der Waals surface area contributed by atoms with Crippen LogP contribution in [0.1, 0.15) is 44.1 Å². The number of nitrogens with one attached hydrogen (secondary N) is 1. The standard InChI is InChI=1S/C17H20N2O5/c1-11-5-6-13(14(9-11)19(22)23)18-16(21)12-10-15(20)24-17(12)7-3-2-4-8-17/h5-6,9,12H,2-4,7-8,10H2,1H3,(H,18,21)/t12-/m1/s1. The molecule has 1 spiro atoms. The molecule has 1 atom stereocenters. The quantitative estimate of drug-likeness (QED) is 0.521. The van der Waals surface area contributed by atoms with Crippen LogP contribution in [0, 0.1) is 23.0 Å². The van der Waals surface area contributed by atoms with Crippen molar-refractivity contribution >= 4 is 23.3 Å². The van der Waals surface area contributed by atoms with Gasteiger partial charge in [-0.05, 0) is 44.2 Å². The van der Waals surface area contributed by atoms with Crippen LogP contribution < -0.4 is 5.32 Å². The predicted molar refractivity (Wildman–Crippen MR) is 86.5 cm³/mol. The molecule has 1 N–H and O–H groups in total. The molecule has 1 aliphatic carbocycles. The number of carbonyl (C=O) groups excluding carboxylic acids is 2. The second kappa shape index (κ2) is 6.22. The van der Waals surface area contributed by atoms with Gasteiger partial charge in [-0.1, -0.05) is 12.5 Å². The molecule has 1 heterocycles. The summed E-state index contributed by atoms with van der Waals surface area (Å²) >= 11 is 0. The number of ether oxygens (including phenoxy) is 1. The fourth-order valence-electron chi connectivity index (χ4n) is 3.74. The van der Waals surface area contributed by atoms with Crippen LogP contribution >= 0.6 is 0 Å². The summed E-state index contributed by atoms with van der Waals surface area (Å²) in [6.45, 7) is 1.75. The second-order valence-corrected chi connectivity index (χ2v) is 6.62. The Morgan fingerprint density at radius 2 is 2.04 bits per heavy atom. The fourth-order valence-corrected chi connectivity index (χ4v) is 3.74. The lowest BCUT2D eigenvalue weighted by Crippen LogP contribution is -2.43. The van der Waals surface area contributed by atoms with Gasteiger partial charge in [-0.15, -0.1) is 0 Å². The molecular weight excluding hydrogens is 312 g/mol. The Kier molecular flexibility index (Phi) is 4.26. The third kappa shape index (κ3) is 2.98. The largest absolute Gasteiger partial charge is 0.458 e. The lowest BCUT2D eigenvalue weighted by molar-refractivity contribution is -0.384. The molecule has 2 aliphatic rings. The van der Waals surface area contributed by atoms with E-state index in [4.69, 9.17) is 4.74 Å². The minimum atomic E-state index is -0.737. The van der Waals surface area contributed by atoms with Gasteiger partial charge in [0.1, 0.15) is 11.3 Å².